The molecule has 3 nitrogen and oxygen atoms in total. The highest BCUT2D eigenvalue weighted by atomic mass is 16.6. The first-order valence-corrected chi connectivity index (χ1v) is 4.48. The Hall–Kier alpha value is -0.410. The summed E-state index contributed by atoms with van der Waals surface area (Å²) in [6.45, 7) is 6.87. The number of Topliss-reactive ketones (excluding diaryl/α,β-unsaturated/α-hetero) is 1. The van der Waals surface area contributed by atoms with Crippen molar-refractivity contribution in [2.75, 3.05) is 26.4 Å². The summed E-state index contributed by atoms with van der Waals surface area (Å²) in [6, 6.07) is 0. The first-order chi connectivity index (χ1) is 5.81. The summed E-state index contributed by atoms with van der Waals surface area (Å²) in [6.07, 6.45) is 1.38. The second-order valence-electron chi connectivity index (χ2n) is 2.47. The van der Waals surface area contributed by atoms with Gasteiger partial charge in [0.2, 0.25) is 0 Å². The van der Waals surface area contributed by atoms with Crippen LogP contribution in [0.3, 0.4) is 0 Å². The molecule has 0 atom stereocenters. The Kier molecular flexibility index (Phi) is 8.39. The first kappa shape index (κ1) is 11.6. The molecule has 1 saturated heterocycles. The maximum Gasteiger partial charge on any atom is 0.132 e. The molecule has 0 bridgehead atoms. The molecule has 0 aromatic carbocycles. The normalized spacial score (nSPS) is 16.2. The van der Waals surface area contributed by atoms with E-state index in [0.717, 1.165) is 26.4 Å². The Morgan fingerprint density at radius 2 is 1.33 bits per heavy atom. The Balaban J connectivity index is 0.000000202. The minimum atomic E-state index is 0.343. The molecule has 0 aliphatic carbocycles. The molecule has 12 heavy (non-hydrogen) atoms. The number of ether oxygens (including phenoxy) is 2. The molecule has 0 radical (unpaired) electrons. The molecule has 0 aromatic rings. The molecule has 1 aliphatic heterocycles. The largest absolute Gasteiger partial charge is 0.377 e. The summed E-state index contributed by atoms with van der Waals surface area (Å²) in [5.41, 5.74) is 0. The van der Waals surface area contributed by atoms with Gasteiger partial charge in [0.25, 0.3) is 0 Å². The molecular weight excluding hydrogens is 156 g/mol. The van der Waals surface area contributed by atoms with Gasteiger partial charge in [-0.05, 0) is 0 Å². The van der Waals surface area contributed by atoms with Crippen molar-refractivity contribution in [3.8, 4) is 0 Å². The van der Waals surface area contributed by atoms with Crippen LogP contribution in [0.5, 0.6) is 0 Å². The summed E-state index contributed by atoms with van der Waals surface area (Å²) >= 11 is 0. The van der Waals surface area contributed by atoms with Crippen molar-refractivity contribution in [1.82, 2.24) is 0 Å². The van der Waals surface area contributed by atoms with E-state index in [9.17, 15) is 4.79 Å². The van der Waals surface area contributed by atoms with Crippen molar-refractivity contribution in [2.24, 2.45) is 0 Å². The lowest BCUT2D eigenvalue weighted by Gasteiger charge is -2.09. The van der Waals surface area contributed by atoms with Crippen molar-refractivity contribution in [3.05, 3.63) is 0 Å². The molecule has 0 amide bonds. The van der Waals surface area contributed by atoms with Crippen molar-refractivity contribution in [2.45, 2.75) is 26.7 Å². The van der Waals surface area contributed by atoms with Crippen LogP contribution in [0.1, 0.15) is 26.7 Å². The number of rotatable bonds is 2. The zero-order valence-electron chi connectivity index (χ0n) is 7.97. The Bertz CT molecular complexity index is 90.8. The molecular formula is C9H18O3. The standard InChI is InChI=1S/C5H10O.C4H8O2/c1-3-5(6)4-2;1-2-6-4-3-5-1/h3-4H2,1-2H3;1-4H2. The van der Waals surface area contributed by atoms with Gasteiger partial charge in [-0.2, -0.15) is 0 Å². The predicted molar refractivity (Wildman–Crippen MR) is 47.2 cm³/mol. The average Bonchev–Trinajstić information content (AvgIpc) is 2.20. The van der Waals surface area contributed by atoms with E-state index in [-0.39, 0.29) is 0 Å². The van der Waals surface area contributed by atoms with Gasteiger partial charge in [-0.3, -0.25) is 4.79 Å². The summed E-state index contributed by atoms with van der Waals surface area (Å²) < 4.78 is 9.89. The number of hydrogen-bond donors (Lipinski definition) is 0. The van der Waals surface area contributed by atoms with Gasteiger partial charge >= 0.3 is 0 Å². The van der Waals surface area contributed by atoms with Gasteiger partial charge in [0.05, 0.1) is 26.4 Å². The number of carbonyl (C=O) groups is 1. The predicted octanol–water partition coefficient (Wildman–Crippen LogP) is 1.41. The summed E-state index contributed by atoms with van der Waals surface area (Å²) in [5, 5.41) is 0. The smallest absolute Gasteiger partial charge is 0.132 e. The molecule has 72 valence electrons. The zero-order chi connectivity index (χ0) is 9.23. The fraction of sp³-hybridized carbons (Fsp3) is 0.889. The average molecular weight is 174 g/mol. The van der Waals surface area contributed by atoms with E-state index in [1.807, 2.05) is 13.8 Å². The highest BCUT2D eigenvalue weighted by Gasteiger charge is 1.94. The van der Waals surface area contributed by atoms with Crippen LogP contribution in [0, 0.1) is 0 Å². The molecule has 0 N–H and O–H groups in total. The first-order valence-electron chi connectivity index (χ1n) is 4.48. The second kappa shape index (κ2) is 8.68. The van der Waals surface area contributed by atoms with Crippen molar-refractivity contribution in [3.63, 3.8) is 0 Å². The van der Waals surface area contributed by atoms with Crippen LogP contribution >= 0.6 is 0 Å². The van der Waals surface area contributed by atoms with Crippen molar-refractivity contribution >= 4 is 5.78 Å². The molecule has 1 aliphatic rings. The maximum absolute atomic E-state index is 10.2. The quantitative estimate of drug-likeness (QED) is 0.635. The van der Waals surface area contributed by atoms with Gasteiger partial charge in [0.1, 0.15) is 5.78 Å². The molecule has 3 heteroatoms. The van der Waals surface area contributed by atoms with E-state index >= 15 is 0 Å². The minimum Gasteiger partial charge on any atom is -0.377 e. The van der Waals surface area contributed by atoms with Gasteiger partial charge in [0, 0.05) is 12.8 Å². The van der Waals surface area contributed by atoms with Crippen LogP contribution in [0.25, 0.3) is 0 Å². The summed E-state index contributed by atoms with van der Waals surface area (Å²) in [7, 11) is 0. The number of carbonyl (C=O) groups excluding carboxylic acids is 1. The van der Waals surface area contributed by atoms with E-state index in [2.05, 4.69) is 0 Å². The Morgan fingerprint density at radius 1 is 1.00 bits per heavy atom. The number of ketones is 1. The third-order valence-corrected chi connectivity index (χ3v) is 1.53. The third-order valence-electron chi connectivity index (χ3n) is 1.53. The highest BCUT2D eigenvalue weighted by molar-refractivity contribution is 5.77. The molecule has 0 spiro atoms. The van der Waals surface area contributed by atoms with Crippen LogP contribution in [0.15, 0.2) is 0 Å². The molecule has 0 unspecified atom stereocenters. The van der Waals surface area contributed by atoms with E-state index in [4.69, 9.17) is 9.47 Å². The molecule has 1 rings (SSSR count). The van der Waals surface area contributed by atoms with Gasteiger partial charge in [-0.25, -0.2) is 0 Å². The zero-order valence-corrected chi connectivity index (χ0v) is 7.97. The van der Waals surface area contributed by atoms with Gasteiger partial charge in [0.15, 0.2) is 0 Å². The van der Waals surface area contributed by atoms with Gasteiger partial charge < -0.3 is 9.47 Å². The molecule has 1 fully saturated rings. The lowest BCUT2D eigenvalue weighted by Crippen LogP contribution is -2.16. The van der Waals surface area contributed by atoms with E-state index in [1.54, 1.807) is 0 Å². The fourth-order valence-corrected chi connectivity index (χ4v) is 0.690. The van der Waals surface area contributed by atoms with E-state index < -0.39 is 0 Å². The van der Waals surface area contributed by atoms with Crippen molar-refractivity contribution < 1.29 is 14.3 Å². The number of hydrogen-bond acceptors (Lipinski definition) is 3. The summed E-state index contributed by atoms with van der Waals surface area (Å²) in [5.74, 6) is 0.343. The Labute approximate surface area is 74.0 Å². The van der Waals surface area contributed by atoms with Gasteiger partial charge in [-0.1, -0.05) is 13.8 Å². The molecule has 0 saturated carbocycles. The molecule has 0 aromatic heterocycles. The van der Waals surface area contributed by atoms with Crippen LogP contribution in [-0.4, -0.2) is 32.2 Å². The highest BCUT2D eigenvalue weighted by Crippen LogP contribution is 1.85. The van der Waals surface area contributed by atoms with E-state index in [1.165, 1.54) is 0 Å². The minimum absolute atomic E-state index is 0.343. The lowest BCUT2D eigenvalue weighted by molar-refractivity contribution is -0.118. The molecule has 1 heterocycles. The van der Waals surface area contributed by atoms with Crippen molar-refractivity contribution in [1.29, 1.82) is 0 Å². The van der Waals surface area contributed by atoms with Gasteiger partial charge in [-0.15, -0.1) is 0 Å². The Morgan fingerprint density at radius 3 is 1.42 bits per heavy atom. The monoisotopic (exact) mass is 174 g/mol. The van der Waals surface area contributed by atoms with Crippen LogP contribution < -0.4 is 0 Å². The fourth-order valence-electron chi connectivity index (χ4n) is 0.690. The van der Waals surface area contributed by atoms with E-state index in [0.29, 0.717) is 18.6 Å². The maximum atomic E-state index is 10.2. The summed E-state index contributed by atoms with van der Waals surface area (Å²) in [4.78, 5) is 10.2. The second-order valence-corrected chi connectivity index (χ2v) is 2.47. The van der Waals surface area contributed by atoms with Crippen LogP contribution in [0.4, 0.5) is 0 Å². The topological polar surface area (TPSA) is 35.5 Å². The van der Waals surface area contributed by atoms with Crippen LogP contribution in [0.2, 0.25) is 0 Å². The SMILES string of the molecule is C1COCCO1.CCC(=O)CC. The lowest BCUT2D eigenvalue weighted by atomic mass is 10.3. The van der Waals surface area contributed by atoms with Crippen LogP contribution in [-0.2, 0) is 14.3 Å². The third kappa shape index (κ3) is 7.69.